The molecule has 0 bridgehead atoms. The van der Waals surface area contributed by atoms with Gasteiger partial charge in [-0.25, -0.2) is 9.78 Å². The molecule has 1 aliphatic rings. The topological polar surface area (TPSA) is 111 Å². The van der Waals surface area contributed by atoms with Gasteiger partial charge in [0.05, 0.1) is 22.9 Å². The van der Waals surface area contributed by atoms with Crippen LogP contribution in [0.3, 0.4) is 0 Å². The maximum atomic E-state index is 12.6. The number of hydrogen-bond acceptors (Lipinski definition) is 8. The van der Waals surface area contributed by atoms with Gasteiger partial charge in [0, 0.05) is 18.0 Å². The number of aromatic nitrogens is 1. The van der Waals surface area contributed by atoms with E-state index in [2.05, 4.69) is 10.3 Å². The van der Waals surface area contributed by atoms with Crippen LogP contribution in [0.15, 0.2) is 65.8 Å². The second-order valence-corrected chi connectivity index (χ2v) is 7.61. The van der Waals surface area contributed by atoms with E-state index in [1.54, 1.807) is 60.8 Å². The Morgan fingerprint density at radius 2 is 1.94 bits per heavy atom. The molecule has 9 heteroatoms. The minimum absolute atomic E-state index is 0.0569. The molecular formula is C23H17N3O5S. The van der Waals surface area contributed by atoms with Crippen LogP contribution in [0.1, 0.15) is 21.5 Å². The SMILES string of the molecule is N#Cc1ccc(COC(=O)c2cccnc2SCC(=O)Nc2ccc3c(c2)OCO3)cc1. The highest BCUT2D eigenvalue weighted by Crippen LogP contribution is 2.34. The van der Waals surface area contributed by atoms with Gasteiger partial charge in [-0.1, -0.05) is 23.9 Å². The van der Waals surface area contributed by atoms with Crippen LogP contribution in [-0.2, 0) is 16.1 Å². The van der Waals surface area contributed by atoms with Gasteiger partial charge in [-0.15, -0.1) is 0 Å². The molecular weight excluding hydrogens is 430 g/mol. The van der Waals surface area contributed by atoms with Gasteiger partial charge in [-0.2, -0.15) is 5.26 Å². The van der Waals surface area contributed by atoms with E-state index < -0.39 is 5.97 Å². The lowest BCUT2D eigenvalue weighted by molar-refractivity contribution is -0.113. The van der Waals surface area contributed by atoms with Crippen LogP contribution < -0.4 is 14.8 Å². The molecule has 8 nitrogen and oxygen atoms in total. The average molecular weight is 447 g/mol. The van der Waals surface area contributed by atoms with Crippen molar-refractivity contribution in [2.45, 2.75) is 11.6 Å². The molecule has 4 rings (SSSR count). The summed E-state index contributed by atoms with van der Waals surface area (Å²) in [4.78, 5) is 29.1. The second-order valence-electron chi connectivity index (χ2n) is 6.65. The molecule has 32 heavy (non-hydrogen) atoms. The van der Waals surface area contributed by atoms with E-state index in [0.717, 1.165) is 17.3 Å². The number of ether oxygens (including phenoxy) is 3. The molecule has 0 saturated carbocycles. The van der Waals surface area contributed by atoms with E-state index >= 15 is 0 Å². The number of hydrogen-bond donors (Lipinski definition) is 1. The Kier molecular flexibility index (Phi) is 6.53. The van der Waals surface area contributed by atoms with Gasteiger partial charge in [0.2, 0.25) is 12.7 Å². The number of benzene rings is 2. The number of rotatable bonds is 7. The number of thioether (sulfide) groups is 1. The first-order valence-corrected chi connectivity index (χ1v) is 10.5. The van der Waals surface area contributed by atoms with Crippen molar-refractivity contribution in [3.63, 3.8) is 0 Å². The molecule has 160 valence electrons. The quantitative estimate of drug-likeness (QED) is 0.430. The Labute approximate surface area is 188 Å². The molecule has 0 saturated heterocycles. The van der Waals surface area contributed by atoms with Crippen LogP contribution in [-0.4, -0.2) is 29.4 Å². The fraction of sp³-hybridized carbons (Fsp3) is 0.130. The molecule has 0 spiro atoms. The summed E-state index contributed by atoms with van der Waals surface area (Å²) >= 11 is 1.14. The van der Waals surface area contributed by atoms with Crippen LogP contribution in [0.4, 0.5) is 5.69 Å². The standard InChI is InChI=1S/C23H17N3O5S/c24-11-15-3-5-16(6-4-15)12-29-23(28)18-2-1-9-25-22(18)32-13-21(27)26-17-7-8-19-20(10-17)31-14-30-19/h1-10H,12-14H2,(H,26,27). The molecule has 1 aromatic heterocycles. The normalized spacial score (nSPS) is 11.5. The van der Waals surface area contributed by atoms with E-state index in [4.69, 9.17) is 19.5 Å². The van der Waals surface area contributed by atoms with E-state index in [1.807, 2.05) is 6.07 Å². The highest BCUT2D eigenvalue weighted by molar-refractivity contribution is 8.00. The molecule has 1 amide bonds. The summed E-state index contributed by atoms with van der Waals surface area (Å²) in [6.45, 7) is 0.223. The summed E-state index contributed by atoms with van der Waals surface area (Å²) < 4.78 is 15.9. The van der Waals surface area contributed by atoms with Crippen molar-refractivity contribution in [3.8, 4) is 17.6 Å². The summed E-state index contributed by atoms with van der Waals surface area (Å²) in [5.41, 5.74) is 2.16. The first-order chi connectivity index (χ1) is 15.6. The minimum atomic E-state index is -0.541. The number of fused-ring (bicyclic) bond motifs is 1. The van der Waals surface area contributed by atoms with Gasteiger partial charge in [-0.05, 0) is 42.0 Å². The summed E-state index contributed by atoms with van der Waals surface area (Å²) in [7, 11) is 0. The Hall–Kier alpha value is -4.03. The third-order valence-electron chi connectivity index (χ3n) is 4.44. The molecule has 0 radical (unpaired) electrons. The monoisotopic (exact) mass is 447 g/mol. The number of nitrogens with one attached hydrogen (secondary N) is 1. The number of carbonyl (C=O) groups excluding carboxylic acids is 2. The fourth-order valence-corrected chi connectivity index (χ4v) is 3.65. The first-order valence-electron chi connectivity index (χ1n) is 9.56. The zero-order valence-corrected chi connectivity index (χ0v) is 17.6. The molecule has 3 aromatic rings. The average Bonchev–Trinajstić information content (AvgIpc) is 3.29. The van der Waals surface area contributed by atoms with Crippen molar-refractivity contribution < 1.29 is 23.8 Å². The first kappa shape index (κ1) is 21.2. The Bertz CT molecular complexity index is 1190. The number of carbonyl (C=O) groups is 2. The minimum Gasteiger partial charge on any atom is -0.457 e. The highest BCUT2D eigenvalue weighted by Gasteiger charge is 2.17. The third-order valence-corrected chi connectivity index (χ3v) is 5.45. The van der Waals surface area contributed by atoms with Gasteiger partial charge >= 0.3 is 5.97 Å². The van der Waals surface area contributed by atoms with Crippen LogP contribution in [0.5, 0.6) is 11.5 Å². The lowest BCUT2D eigenvalue weighted by atomic mass is 10.1. The van der Waals surface area contributed by atoms with Gasteiger partial charge in [0.1, 0.15) is 11.6 Å². The molecule has 0 aliphatic carbocycles. The highest BCUT2D eigenvalue weighted by atomic mass is 32.2. The lowest BCUT2D eigenvalue weighted by Gasteiger charge is -2.09. The molecule has 1 aliphatic heterocycles. The predicted molar refractivity (Wildman–Crippen MR) is 116 cm³/mol. The smallest absolute Gasteiger partial charge is 0.341 e. The maximum Gasteiger partial charge on any atom is 0.341 e. The van der Waals surface area contributed by atoms with Crippen LogP contribution >= 0.6 is 11.8 Å². The van der Waals surface area contributed by atoms with Crippen molar-refractivity contribution in [2.75, 3.05) is 17.9 Å². The number of pyridine rings is 1. The zero-order valence-electron chi connectivity index (χ0n) is 16.7. The number of nitrogens with zero attached hydrogens (tertiary/aromatic N) is 2. The molecule has 2 aromatic carbocycles. The zero-order chi connectivity index (χ0) is 22.3. The van der Waals surface area contributed by atoms with Gasteiger partial charge < -0.3 is 19.5 Å². The van der Waals surface area contributed by atoms with Crippen LogP contribution in [0.25, 0.3) is 0 Å². The summed E-state index contributed by atoms with van der Waals surface area (Å²) in [5, 5.41) is 12.0. The summed E-state index contributed by atoms with van der Waals surface area (Å²) in [6, 6.07) is 17.2. The van der Waals surface area contributed by atoms with Crippen molar-refractivity contribution in [2.24, 2.45) is 0 Å². The van der Waals surface area contributed by atoms with E-state index in [0.29, 0.717) is 27.8 Å². The van der Waals surface area contributed by atoms with Crippen molar-refractivity contribution >= 4 is 29.3 Å². The summed E-state index contributed by atoms with van der Waals surface area (Å²) in [6.07, 6.45) is 1.55. The van der Waals surface area contributed by atoms with E-state index in [-0.39, 0.29) is 30.6 Å². The second kappa shape index (κ2) is 9.85. The fourth-order valence-electron chi connectivity index (χ4n) is 2.87. The van der Waals surface area contributed by atoms with Crippen molar-refractivity contribution in [1.82, 2.24) is 4.98 Å². The van der Waals surface area contributed by atoms with Crippen LogP contribution in [0.2, 0.25) is 0 Å². The van der Waals surface area contributed by atoms with Gasteiger partial charge in [0.25, 0.3) is 0 Å². The molecule has 1 N–H and O–H groups in total. The predicted octanol–water partition coefficient (Wildman–Crippen LogP) is 3.77. The molecule has 2 heterocycles. The largest absolute Gasteiger partial charge is 0.457 e. The van der Waals surface area contributed by atoms with E-state index in [1.165, 1.54) is 0 Å². The van der Waals surface area contributed by atoms with Crippen molar-refractivity contribution in [3.05, 3.63) is 77.5 Å². The number of anilines is 1. The number of nitriles is 1. The van der Waals surface area contributed by atoms with Crippen molar-refractivity contribution in [1.29, 1.82) is 5.26 Å². The van der Waals surface area contributed by atoms with Gasteiger partial charge in [0.15, 0.2) is 11.5 Å². The third kappa shape index (κ3) is 5.17. The van der Waals surface area contributed by atoms with E-state index in [9.17, 15) is 9.59 Å². The Morgan fingerprint density at radius 1 is 1.12 bits per heavy atom. The Morgan fingerprint density at radius 3 is 2.75 bits per heavy atom. The number of esters is 1. The van der Waals surface area contributed by atoms with Crippen LogP contribution in [0, 0.1) is 11.3 Å². The summed E-state index contributed by atoms with van der Waals surface area (Å²) in [5.74, 6) is 0.474. The molecule has 0 fully saturated rings. The van der Waals surface area contributed by atoms with Gasteiger partial charge in [-0.3, -0.25) is 4.79 Å². The maximum absolute atomic E-state index is 12.6. The lowest BCUT2D eigenvalue weighted by Crippen LogP contribution is -2.15. The Balaban J connectivity index is 1.33. The molecule has 0 unspecified atom stereocenters. The molecule has 0 atom stereocenters. The number of amides is 1.